The van der Waals surface area contributed by atoms with E-state index < -0.39 is 0 Å². The Balaban J connectivity index is 2.85. The average molecular weight is 164 g/mol. The van der Waals surface area contributed by atoms with Gasteiger partial charge < -0.3 is 16.8 Å². The minimum atomic E-state index is 0.0761. The van der Waals surface area contributed by atoms with Crippen LogP contribution >= 0.6 is 0 Å². The standard InChI is InChI=1S/C8H12N4/c1-11-6-2-4-7(5-3-6)12-8(9)10/h2-5,11H,1H3,(H4,9,10,12). The zero-order valence-electron chi connectivity index (χ0n) is 6.91. The molecule has 4 heteroatoms. The number of nitrogens with two attached hydrogens (primary N) is 2. The Hall–Kier alpha value is -1.71. The van der Waals surface area contributed by atoms with Crippen LogP contribution in [-0.2, 0) is 0 Å². The minimum Gasteiger partial charge on any atom is -0.388 e. The summed E-state index contributed by atoms with van der Waals surface area (Å²) in [5, 5.41) is 3.00. The van der Waals surface area contributed by atoms with E-state index in [1.54, 1.807) is 0 Å². The molecule has 0 unspecified atom stereocenters. The molecule has 4 nitrogen and oxygen atoms in total. The number of nitrogens with zero attached hydrogens (tertiary/aromatic N) is 1. The molecule has 5 N–H and O–H groups in total. The van der Waals surface area contributed by atoms with Gasteiger partial charge in [0.15, 0.2) is 5.96 Å². The fourth-order valence-corrected chi connectivity index (χ4v) is 0.852. The maximum absolute atomic E-state index is 5.21. The van der Waals surface area contributed by atoms with E-state index >= 15 is 0 Å². The molecule has 0 aliphatic rings. The van der Waals surface area contributed by atoms with Crippen molar-refractivity contribution in [2.45, 2.75) is 0 Å². The molecule has 0 heterocycles. The molecular weight excluding hydrogens is 152 g/mol. The van der Waals surface area contributed by atoms with Crippen LogP contribution in [-0.4, -0.2) is 13.0 Å². The van der Waals surface area contributed by atoms with Crippen LogP contribution in [0.4, 0.5) is 11.4 Å². The molecule has 0 spiro atoms. The lowest BCUT2D eigenvalue weighted by Gasteiger charge is -1.99. The molecule has 64 valence electrons. The first kappa shape index (κ1) is 8.39. The summed E-state index contributed by atoms with van der Waals surface area (Å²) in [4.78, 5) is 3.88. The largest absolute Gasteiger partial charge is 0.388 e. The van der Waals surface area contributed by atoms with Gasteiger partial charge in [-0.05, 0) is 24.3 Å². The number of hydrogen-bond acceptors (Lipinski definition) is 2. The summed E-state index contributed by atoms with van der Waals surface area (Å²) >= 11 is 0. The number of benzene rings is 1. The fourth-order valence-electron chi connectivity index (χ4n) is 0.852. The zero-order valence-corrected chi connectivity index (χ0v) is 6.91. The topological polar surface area (TPSA) is 76.4 Å². The number of guanidine groups is 1. The van der Waals surface area contributed by atoms with E-state index in [1.807, 2.05) is 31.3 Å². The van der Waals surface area contributed by atoms with Gasteiger partial charge in [0.05, 0.1) is 5.69 Å². The van der Waals surface area contributed by atoms with Crippen LogP contribution in [0.15, 0.2) is 29.3 Å². The lowest BCUT2D eigenvalue weighted by Crippen LogP contribution is -2.21. The Labute approximate surface area is 71.3 Å². The van der Waals surface area contributed by atoms with Crippen LogP contribution in [0.1, 0.15) is 0 Å². The summed E-state index contributed by atoms with van der Waals surface area (Å²) in [7, 11) is 1.86. The quantitative estimate of drug-likeness (QED) is 0.443. The van der Waals surface area contributed by atoms with Gasteiger partial charge in [-0.15, -0.1) is 0 Å². The highest BCUT2D eigenvalue weighted by Gasteiger charge is 1.89. The second kappa shape index (κ2) is 3.61. The van der Waals surface area contributed by atoms with Gasteiger partial charge in [-0.1, -0.05) is 0 Å². The van der Waals surface area contributed by atoms with Crippen LogP contribution in [0, 0.1) is 0 Å². The maximum Gasteiger partial charge on any atom is 0.191 e. The van der Waals surface area contributed by atoms with Gasteiger partial charge >= 0.3 is 0 Å². The number of aliphatic imine (C=N–C) groups is 1. The van der Waals surface area contributed by atoms with Gasteiger partial charge in [-0.3, -0.25) is 0 Å². The first-order chi connectivity index (χ1) is 5.72. The van der Waals surface area contributed by atoms with E-state index in [-0.39, 0.29) is 5.96 Å². The Morgan fingerprint density at radius 1 is 1.25 bits per heavy atom. The van der Waals surface area contributed by atoms with Crippen molar-refractivity contribution in [2.75, 3.05) is 12.4 Å². The lowest BCUT2D eigenvalue weighted by atomic mass is 10.3. The molecular formula is C8H12N4. The third-order valence-electron chi connectivity index (χ3n) is 1.41. The van der Waals surface area contributed by atoms with E-state index in [4.69, 9.17) is 11.5 Å². The number of anilines is 1. The van der Waals surface area contributed by atoms with E-state index in [0.29, 0.717) is 0 Å². The Kier molecular flexibility index (Phi) is 2.53. The summed E-state index contributed by atoms with van der Waals surface area (Å²) < 4.78 is 0. The first-order valence-electron chi connectivity index (χ1n) is 3.60. The third kappa shape index (κ3) is 2.16. The molecule has 12 heavy (non-hydrogen) atoms. The van der Waals surface area contributed by atoms with Crippen molar-refractivity contribution < 1.29 is 0 Å². The highest BCUT2D eigenvalue weighted by molar-refractivity contribution is 5.79. The normalized spacial score (nSPS) is 9.08. The Morgan fingerprint density at radius 3 is 2.25 bits per heavy atom. The van der Waals surface area contributed by atoms with Crippen LogP contribution in [0.3, 0.4) is 0 Å². The fraction of sp³-hybridized carbons (Fsp3) is 0.125. The van der Waals surface area contributed by atoms with E-state index in [1.165, 1.54) is 0 Å². The van der Waals surface area contributed by atoms with Gasteiger partial charge in [0.2, 0.25) is 0 Å². The van der Waals surface area contributed by atoms with Crippen molar-refractivity contribution in [3.63, 3.8) is 0 Å². The van der Waals surface area contributed by atoms with Crippen LogP contribution in [0.2, 0.25) is 0 Å². The molecule has 0 bridgehead atoms. The summed E-state index contributed by atoms with van der Waals surface area (Å²) in [5.41, 5.74) is 12.2. The van der Waals surface area contributed by atoms with Gasteiger partial charge in [-0.25, -0.2) is 4.99 Å². The first-order valence-corrected chi connectivity index (χ1v) is 3.60. The van der Waals surface area contributed by atoms with Crippen LogP contribution in [0.25, 0.3) is 0 Å². The van der Waals surface area contributed by atoms with E-state index in [2.05, 4.69) is 10.3 Å². The summed E-state index contributed by atoms with van der Waals surface area (Å²) in [6.07, 6.45) is 0. The molecule has 1 aromatic carbocycles. The molecule has 0 aliphatic heterocycles. The molecule has 1 rings (SSSR count). The van der Waals surface area contributed by atoms with E-state index in [0.717, 1.165) is 11.4 Å². The summed E-state index contributed by atoms with van der Waals surface area (Å²) in [6, 6.07) is 7.49. The molecule has 0 amide bonds. The smallest absolute Gasteiger partial charge is 0.191 e. The molecule has 0 aromatic heterocycles. The molecule has 0 saturated heterocycles. The number of nitrogens with one attached hydrogen (secondary N) is 1. The molecule has 0 atom stereocenters. The van der Waals surface area contributed by atoms with Crippen molar-refractivity contribution in [3.8, 4) is 0 Å². The molecule has 0 radical (unpaired) electrons. The van der Waals surface area contributed by atoms with Crippen LogP contribution in [0.5, 0.6) is 0 Å². The van der Waals surface area contributed by atoms with Gasteiger partial charge in [0, 0.05) is 12.7 Å². The van der Waals surface area contributed by atoms with Crippen LogP contribution < -0.4 is 16.8 Å². The molecule has 1 aromatic rings. The Morgan fingerprint density at radius 2 is 1.83 bits per heavy atom. The van der Waals surface area contributed by atoms with Gasteiger partial charge in [0.1, 0.15) is 0 Å². The minimum absolute atomic E-state index is 0.0761. The molecule has 0 aliphatic carbocycles. The lowest BCUT2D eigenvalue weighted by molar-refractivity contribution is 1.41. The Bertz CT molecular complexity index is 272. The van der Waals surface area contributed by atoms with Crippen molar-refractivity contribution in [1.82, 2.24) is 0 Å². The maximum atomic E-state index is 5.21. The average Bonchev–Trinajstić information content (AvgIpc) is 2.05. The zero-order chi connectivity index (χ0) is 8.97. The van der Waals surface area contributed by atoms with Crippen molar-refractivity contribution >= 4 is 17.3 Å². The molecule has 0 fully saturated rings. The second-order valence-electron chi connectivity index (χ2n) is 2.33. The monoisotopic (exact) mass is 164 g/mol. The van der Waals surface area contributed by atoms with Gasteiger partial charge in [-0.2, -0.15) is 0 Å². The predicted molar refractivity (Wildman–Crippen MR) is 51.5 cm³/mol. The summed E-state index contributed by atoms with van der Waals surface area (Å²) in [5.74, 6) is 0.0761. The van der Waals surface area contributed by atoms with Crippen molar-refractivity contribution in [1.29, 1.82) is 0 Å². The van der Waals surface area contributed by atoms with E-state index in [9.17, 15) is 0 Å². The number of hydrogen-bond donors (Lipinski definition) is 3. The van der Waals surface area contributed by atoms with Crippen molar-refractivity contribution in [2.24, 2.45) is 16.5 Å². The van der Waals surface area contributed by atoms with Gasteiger partial charge in [0.25, 0.3) is 0 Å². The number of rotatable bonds is 2. The second-order valence-corrected chi connectivity index (χ2v) is 2.33. The third-order valence-corrected chi connectivity index (χ3v) is 1.41. The van der Waals surface area contributed by atoms with Crippen molar-refractivity contribution in [3.05, 3.63) is 24.3 Å². The highest BCUT2D eigenvalue weighted by Crippen LogP contribution is 2.14. The molecule has 0 saturated carbocycles. The SMILES string of the molecule is CNc1ccc(N=C(N)N)cc1. The highest BCUT2D eigenvalue weighted by atomic mass is 15.0. The summed E-state index contributed by atoms with van der Waals surface area (Å²) in [6.45, 7) is 0. The predicted octanol–water partition coefficient (Wildman–Crippen LogP) is 0.633.